The van der Waals surface area contributed by atoms with Crippen molar-refractivity contribution in [2.75, 3.05) is 0 Å². The summed E-state index contributed by atoms with van der Waals surface area (Å²) in [5.74, 6) is 0. The summed E-state index contributed by atoms with van der Waals surface area (Å²) in [7, 11) is 0. The van der Waals surface area contributed by atoms with Gasteiger partial charge in [-0.3, -0.25) is 0 Å². The van der Waals surface area contributed by atoms with Crippen LogP contribution in [0.25, 0.3) is 0 Å². The highest BCUT2D eigenvalue weighted by atomic mass is 32.1. The highest BCUT2D eigenvalue weighted by molar-refractivity contribution is 7.44. The van der Waals surface area contributed by atoms with Gasteiger partial charge < -0.3 is 5.21 Å². The normalized spacial score (nSPS) is 9.64. The summed E-state index contributed by atoms with van der Waals surface area (Å²) in [6.07, 6.45) is 0. The molecule has 3 heteroatoms. The van der Waals surface area contributed by atoms with Gasteiger partial charge in [0.15, 0.2) is 0 Å². The molecule has 1 aromatic carbocycles. The minimum absolute atomic E-state index is 0.475. The van der Waals surface area contributed by atoms with Crippen LogP contribution >= 0.6 is 0 Å². The highest BCUT2D eigenvalue weighted by Crippen LogP contribution is 2.19. The van der Waals surface area contributed by atoms with E-state index in [1.165, 1.54) is 0 Å². The second-order valence-corrected chi connectivity index (χ2v) is 2.81. The zero-order valence-electron chi connectivity index (χ0n) is 6.50. The lowest BCUT2D eigenvalue weighted by Gasteiger charge is -2.02. The van der Waals surface area contributed by atoms with Gasteiger partial charge in [-0.25, -0.2) is 0 Å². The van der Waals surface area contributed by atoms with Crippen LogP contribution in [0.4, 0.5) is 5.69 Å². The Labute approximate surface area is 71.2 Å². The molecule has 0 amide bonds. The number of aryl methyl sites for hydroxylation is 1. The molecule has 0 unspecified atom stereocenters. The van der Waals surface area contributed by atoms with E-state index in [-0.39, 0.29) is 0 Å². The van der Waals surface area contributed by atoms with Crippen molar-refractivity contribution >= 4 is 18.1 Å². The quantitative estimate of drug-likeness (QED) is 0.473. The van der Waals surface area contributed by atoms with Gasteiger partial charge in [-0.05, 0) is 19.4 Å². The Hall–Kier alpha value is -0.960. The van der Waals surface area contributed by atoms with Crippen LogP contribution in [0.3, 0.4) is 0 Å². The zero-order valence-corrected chi connectivity index (χ0v) is 7.31. The maximum Gasteiger partial charge on any atom is 0.284 e. The van der Waals surface area contributed by atoms with E-state index >= 15 is 0 Å². The molecule has 58 valence electrons. The second-order valence-electron chi connectivity index (χ2n) is 2.48. The third-order valence-electron chi connectivity index (χ3n) is 1.77. The Morgan fingerprint density at radius 2 is 2.00 bits per heavy atom. The van der Waals surface area contributed by atoms with Crippen molar-refractivity contribution in [3.8, 4) is 0 Å². The largest absolute Gasteiger partial charge is 0.605 e. The van der Waals surface area contributed by atoms with Crippen molar-refractivity contribution in [1.29, 1.82) is 0 Å². The van der Waals surface area contributed by atoms with Crippen molar-refractivity contribution in [1.82, 2.24) is 0 Å². The summed E-state index contributed by atoms with van der Waals surface area (Å²) in [6.45, 7) is 3.85. The molecule has 0 heterocycles. The molecular formula is C8H9NOS. The van der Waals surface area contributed by atoms with Gasteiger partial charge in [0.1, 0.15) is 0 Å². The predicted molar refractivity (Wildman–Crippen MR) is 46.6 cm³/mol. The SMILES string of the molecule is Cc1cccc([N+]([O-])=S)c1C. The number of rotatable bonds is 1. The summed E-state index contributed by atoms with van der Waals surface area (Å²) in [5, 5.41) is 10.7. The third kappa shape index (κ3) is 1.54. The van der Waals surface area contributed by atoms with Gasteiger partial charge >= 0.3 is 0 Å². The molecule has 1 rings (SSSR count). The topological polar surface area (TPSA) is 26.1 Å². The fourth-order valence-corrected chi connectivity index (χ4v) is 1.13. The second kappa shape index (κ2) is 2.96. The van der Waals surface area contributed by atoms with E-state index in [0.717, 1.165) is 11.1 Å². The van der Waals surface area contributed by atoms with Crippen LogP contribution in [0.2, 0.25) is 0 Å². The van der Waals surface area contributed by atoms with E-state index in [0.29, 0.717) is 9.80 Å². The van der Waals surface area contributed by atoms with Crippen LogP contribution in [-0.2, 0) is 12.4 Å². The molecule has 2 nitrogen and oxygen atoms in total. The molecule has 1 aromatic rings. The van der Waals surface area contributed by atoms with Gasteiger partial charge in [0.2, 0.25) is 5.69 Å². The summed E-state index contributed by atoms with van der Waals surface area (Å²) >= 11 is 4.47. The molecular weight excluding hydrogens is 158 g/mol. The Balaban J connectivity index is 3.27. The lowest BCUT2D eigenvalue weighted by atomic mass is 10.1. The van der Waals surface area contributed by atoms with Crippen molar-refractivity contribution < 1.29 is 4.11 Å². The molecule has 0 fully saturated rings. The first-order valence-corrected chi connectivity index (χ1v) is 3.70. The molecule has 0 aliphatic carbocycles. The molecule has 0 radical (unpaired) electrons. The lowest BCUT2D eigenvalue weighted by molar-refractivity contribution is -0.325. The summed E-state index contributed by atoms with van der Waals surface area (Å²) in [6, 6.07) is 5.51. The van der Waals surface area contributed by atoms with Gasteiger partial charge in [-0.2, -0.15) is 0 Å². The van der Waals surface area contributed by atoms with Gasteiger partial charge in [-0.15, -0.1) is 0 Å². The monoisotopic (exact) mass is 167 g/mol. The molecule has 0 N–H and O–H groups in total. The van der Waals surface area contributed by atoms with Gasteiger partial charge in [0.25, 0.3) is 12.4 Å². The van der Waals surface area contributed by atoms with Crippen molar-refractivity contribution in [3.63, 3.8) is 0 Å². The number of hydrogen-bond acceptors (Lipinski definition) is 2. The first kappa shape index (κ1) is 8.14. The maximum atomic E-state index is 10.7. The standard InChI is InChI=1S/C8H9NOS/c1-6-4-3-5-8(7(6)2)9(10)11/h3-5H,1-2H3. The van der Waals surface area contributed by atoms with Gasteiger partial charge in [0, 0.05) is 11.6 Å². The van der Waals surface area contributed by atoms with Crippen molar-refractivity contribution in [2.45, 2.75) is 13.8 Å². The number of benzene rings is 1. The number of hydrogen-bond donors (Lipinski definition) is 0. The van der Waals surface area contributed by atoms with Crippen LogP contribution in [0.15, 0.2) is 18.2 Å². The molecule has 0 atom stereocenters. The molecule has 0 aliphatic heterocycles. The minimum atomic E-state index is 0.475. The molecule has 0 saturated heterocycles. The Kier molecular flexibility index (Phi) is 2.19. The van der Waals surface area contributed by atoms with E-state index < -0.39 is 0 Å². The number of nitrogens with zero attached hydrogens (tertiary/aromatic N) is 1. The molecule has 0 saturated carbocycles. The minimum Gasteiger partial charge on any atom is -0.605 e. The van der Waals surface area contributed by atoms with E-state index in [9.17, 15) is 5.21 Å². The smallest absolute Gasteiger partial charge is 0.284 e. The van der Waals surface area contributed by atoms with Crippen LogP contribution in [0, 0.1) is 19.1 Å². The summed E-state index contributed by atoms with van der Waals surface area (Å²) in [5.41, 5.74) is 2.62. The van der Waals surface area contributed by atoms with E-state index in [4.69, 9.17) is 0 Å². The average molecular weight is 167 g/mol. The van der Waals surface area contributed by atoms with Crippen LogP contribution in [-0.4, -0.2) is 4.11 Å². The van der Waals surface area contributed by atoms with Crippen molar-refractivity contribution in [3.05, 3.63) is 34.5 Å². The first-order valence-electron chi connectivity index (χ1n) is 3.33. The highest BCUT2D eigenvalue weighted by Gasteiger charge is 2.06. The molecule has 0 spiro atoms. The van der Waals surface area contributed by atoms with Crippen molar-refractivity contribution in [2.24, 2.45) is 0 Å². The molecule has 0 aliphatic rings. The van der Waals surface area contributed by atoms with Gasteiger partial charge in [-0.1, -0.05) is 16.2 Å². The van der Waals surface area contributed by atoms with Crippen LogP contribution in [0.5, 0.6) is 0 Å². The average Bonchev–Trinajstić information content (AvgIpc) is 1.94. The maximum absolute atomic E-state index is 10.7. The van der Waals surface area contributed by atoms with E-state index in [2.05, 4.69) is 12.4 Å². The lowest BCUT2D eigenvalue weighted by Crippen LogP contribution is -1.92. The van der Waals surface area contributed by atoms with Crippen LogP contribution < -0.4 is 0 Å². The fourth-order valence-electron chi connectivity index (χ4n) is 0.933. The Morgan fingerprint density at radius 1 is 1.36 bits per heavy atom. The van der Waals surface area contributed by atoms with E-state index in [1.807, 2.05) is 26.0 Å². The third-order valence-corrected chi connectivity index (χ3v) is 1.97. The molecule has 0 aromatic heterocycles. The Bertz CT molecular complexity index is 296. The molecule has 0 bridgehead atoms. The van der Waals surface area contributed by atoms with E-state index in [1.54, 1.807) is 6.07 Å². The predicted octanol–water partition coefficient (Wildman–Crippen LogP) is 2.18. The zero-order chi connectivity index (χ0) is 8.43. The fraction of sp³-hybridized carbons (Fsp3) is 0.250. The molecule has 11 heavy (non-hydrogen) atoms. The van der Waals surface area contributed by atoms with Crippen LogP contribution in [0.1, 0.15) is 11.1 Å². The summed E-state index contributed by atoms with van der Waals surface area (Å²) < 4.78 is 0.475. The first-order chi connectivity index (χ1) is 5.13. The summed E-state index contributed by atoms with van der Waals surface area (Å²) in [4.78, 5) is 0. The Morgan fingerprint density at radius 3 is 2.45 bits per heavy atom. The van der Waals surface area contributed by atoms with Gasteiger partial charge in [0.05, 0.1) is 0 Å².